The fraction of sp³-hybridized carbons (Fsp3) is 0.231. The molecule has 0 bridgehead atoms. The van der Waals surface area contributed by atoms with Crippen LogP contribution < -0.4 is 10.3 Å². The predicted molar refractivity (Wildman–Crippen MR) is 137 cm³/mol. The van der Waals surface area contributed by atoms with Crippen molar-refractivity contribution < 1.29 is 4.74 Å². The summed E-state index contributed by atoms with van der Waals surface area (Å²) in [6.45, 7) is 6.52. The van der Waals surface area contributed by atoms with Crippen LogP contribution in [0.25, 0.3) is 15.9 Å². The van der Waals surface area contributed by atoms with E-state index in [1.807, 2.05) is 36.4 Å². The van der Waals surface area contributed by atoms with Crippen LogP contribution in [-0.2, 0) is 19.5 Å². The van der Waals surface area contributed by atoms with Crippen LogP contribution in [0.4, 0.5) is 0 Å². The quantitative estimate of drug-likeness (QED) is 0.206. The van der Waals surface area contributed by atoms with Gasteiger partial charge in [-0.25, -0.2) is 4.98 Å². The van der Waals surface area contributed by atoms with Crippen LogP contribution in [-0.4, -0.2) is 33.9 Å². The van der Waals surface area contributed by atoms with Crippen molar-refractivity contribution in [1.82, 2.24) is 14.5 Å². The van der Waals surface area contributed by atoms with E-state index in [1.54, 1.807) is 23.0 Å². The maximum absolute atomic E-state index is 13.8. The van der Waals surface area contributed by atoms with E-state index in [9.17, 15) is 4.79 Å². The second kappa shape index (κ2) is 9.55. The van der Waals surface area contributed by atoms with E-state index in [0.717, 1.165) is 47.7 Å². The van der Waals surface area contributed by atoms with Crippen molar-refractivity contribution in [3.8, 4) is 11.4 Å². The molecule has 3 heterocycles. The molecule has 1 aliphatic heterocycles. The molecule has 0 spiro atoms. The van der Waals surface area contributed by atoms with Crippen molar-refractivity contribution in [2.24, 2.45) is 0 Å². The number of thiophene rings is 1. The Balaban J connectivity index is 1.56. The second-order valence-corrected chi connectivity index (χ2v) is 10.0. The highest BCUT2D eigenvalue weighted by atomic mass is 32.2. The Bertz CT molecular complexity index is 1340. The summed E-state index contributed by atoms with van der Waals surface area (Å²) in [5.41, 5.74) is 3.28. The number of nitrogens with zero attached hydrogens (tertiary/aromatic N) is 3. The summed E-state index contributed by atoms with van der Waals surface area (Å²) < 4.78 is 7.03. The first-order valence-corrected chi connectivity index (χ1v) is 12.7. The van der Waals surface area contributed by atoms with Crippen molar-refractivity contribution in [2.75, 3.05) is 19.4 Å². The van der Waals surface area contributed by atoms with Gasteiger partial charge in [-0.2, -0.15) is 0 Å². The average molecular weight is 476 g/mol. The minimum absolute atomic E-state index is 0.00531. The molecule has 5 nitrogen and oxygen atoms in total. The van der Waals surface area contributed by atoms with Crippen LogP contribution in [0.5, 0.6) is 5.75 Å². The monoisotopic (exact) mass is 475 g/mol. The molecule has 0 fully saturated rings. The molecule has 0 amide bonds. The molecule has 2 aromatic carbocycles. The van der Waals surface area contributed by atoms with Crippen LogP contribution >= 0.6 is 23.1 Å². The normalized spacial score (nSPS) is 13.7. The van der Waals surface area contributed by atoms with Gasteiger partial charge in [0.15, 0.2) is 5.16 Å². The topological polar surface area (TPSA) is 47.4 Å². The van der Waals surface area contributed by atoms with Crippen molar-refractivity contribution in [3.05, 3.63) is 93.6 Å². The van der Waals surface area contributed by atoms with Gasteiger partial charge in [-0.1, -0.05) is 48.2 Å². The van der Waals surface area contributed by atoms with E-state index in [0.29, 0.717) is 10.9 Å². The number of thioether (sulfide) groups is 1. The Labute approximate surface area is 201 Å². The van der Waals surface area contributed by atoms with Gasteiger partial charge in [0.25, 0.3) is 5.56 Å². The largest absolute Gasteiger partial charge is 0.497 e. The lowest BCUT2D eigenvalue weighted by atomic mass is 10.0. The third kappa shape index (κ3) is 4.36. The summed E-state index contributed by atoms with van der Waals surface area (Å²) in [6, 6.07) is 18.1. The predicted octanol–water partition coefficient (Wildman–Crippen LogP) is 5.29. The molecular weight excluding hydrogens is 450 g/mol. The number of hydrogen-bond donors (Lipinski definition) is 0. The summed E-state index contributed by atoms with van der Waals surface area (Å²) >= 11 is 3.19. The van der Waals surface area contributed by atoms with Gasteiger partial charge in [0.05, 0.1) is 18.2 Å². The molecule has 168 valence electrons. The highest BCUT2D eigenvalue weighted by Crippen LogP contribution is 2.35. The first-order valence-electron chi connectivity index (χ1n) is 10.9. The Morgan fingerprint density at radius 2 is 1.97 bits per heavy atom. The van der Waals surface area contributed by atoms with Crippen molar-refractivity contribution >= 4 is 33.3 Å². The van der Waals surface area contributed by atoms with Gasteiger partial charge >= 0.3 is 0 Å². The number of benzene rings is 2. The summed E-state index contributed by atoms with van der Waals surface area (Å²) in [5.74, 6) is 1.44. The smallest absolute Gasteiger partial charge is 0.267 e. The lowest BCUT2D eigenvalue weighted by molar-refractivity contribution is 0.249. The molecule has 2 aromatic heterocycles. The van der Waals surface area contributed by atoms with Crippen molar-refractivity contribution in [1.29, 1.82) is 0 Å². The number of methoxy groups -OCH3 is 1. The highest BCUT2D eigenvalue weighted by Gasteiger charge is 2.25. The third-order valence-electron chi connectivity index (χ3n) is 5.83. The maximum Gasteiger partial charge on any atom is 0.267 e. The van der Waals surface area contributed by atoms with Crippen molar-refractivity contribution in [3.63, 3.8) is 0 Å². The zero-order valence-corrected chi connectivity index (χ0v) is 20.1. The summed E-state index contributed by atoms with van der Waals surface area (Å²) in [5, 5.41) is 1.46. The van der Waals surface area contributed by atoms with Crippen LogP contribution in [0.15, 0.2) is 77.2 Å². The molecule has 0 N–H and O–H groups in total. The van der Waals surface area contributed by atoms with Gasteiger partial charge in [0.1, 0.15) is 10.6 Å². The van der Waals surface area contributed by atoms with Crippen LogP contribution in [0, 0.1) is 0 Å². The molecule has 0 saturated heterocycles. The number of aromatic nitrogens is 2. The molecule has 0 atom stereocenters. The average Bonchev–Trinajstić information content (AvgIpc) is 3.21. The Morgan fingerprint density at radius 1 is 1.18 bits per heavy atom. The van der Waals surface area contributed by atoms with E-state index < -0.39 is 0 Å². The zero-order chi connectivity index (χ0) is 22.8. The first-order chi connectivity index (χ1) is 16.2. The lowest BCUT2D eigenvalue weighted by Gasteiger charge is -2.26. The standard InChI is InChI=1S/C26H25N3O2S2/c1-3-15-32-26-27-24-23(25(30)29(26)19-9-11-20(31-2)12-10-19)21-13-14-28(17-22(21)33-24)16-18-7-5-4-6-8-18/h3-12H,1,13-17H2,2H3. The molecule has 4 aromatic rings. The van der Waals surface area contributed by atoms with Crippen LogP contribution in [0.2, 0.25) is 0 Å². The van der Waals surface area contributed by atoms with E-state index in [-0.39, 0.29) is 5.56 Å². The molecule has 0 saturated carbocycles. The third-order valence-corrected chi connectivity index (χ3v) is 7.88. The van der Waals surface area contributed by atoms with Crippen molar-refractivity contribution in [2.45, 2.75) is 24.7 Å². The van der Waals surface area contributed by atoms with E-state index in [2.05, 4.69) is 35.7 Å². The fourth-order valence-electron chi connectivity index (χ4n) is 4.24. The molecule has 0 unspecified atom stereocenters. The van der Waals surface area contributed by atoms with Gasteiger partial charge < -0.3 is 4.74 Å². The number of hydrogen-bond acceptors (Lipinski definition) is 6. The summed E-state index contributed by atoms with van der Waals surface area (Å²) in [4.78, 5) is 23.3. The van der Waals surface area contributed by atoms with Gasteiger partial charge in [0, 0.05) is 30.3 Å². The first kappa shape index (κ1) is 21.9. The zero-order valence-electron chi connectivity index (χ0n) is 18.5. The fourth-order valence-corrected chi connectivity index (χ4v) is 6.29. The molecule has 0 aliphatic carbocycles. The van der Waals surface area contributed by atoms with Crippen LogP contribution in [0.1, 0.15) is 16.0 Å². The lowest BCUT2D eigenvalue weighted by Crippen LogP contribution is -2.30. The van der Waals surface area contributed by atoms with E-state index in [1.165, 1.54) is 27.8 Å². The Hall–Kier alpha value is -2.87. The number of rotatable bonds is 7. The Kier molecular flexibility index (Phi) is 6.35. The molecule has 5 rings (SSSR count). The van der Waals surface area contributed by atoms with Gasteiger partial charge in [-0.05, 0) is 41.8 Å². The van der Waals surface area contributed by atoms with Crippen LogP contribution in [0.3, 0.4) is 0 Å². The van der Waals surface area contributed by atoms with Gasteiger partial charge in [0.2, 0.25) is 0 Å². The molecule has 0 radical (unpaired) electrons. The summed E-state index contributed by atoms with van der Waals surface area (Å²) in [7, 11) is 1.64. The maximum atomic E-state index is 13.8. The van der Waals surface area contributed by atoms with Gasteiger partial charge in [-0.3, -0.25) is 14.3 Å². The van der Waals surface area contributed by atoms with E-state index >= 15 is 0 Å². The highest BCUT2D eigenvalue weighted by molar-refractivity contribution is 7.99. The molecular formula is C26H25N3O2S2. The molecule has 33 heavy (non-hydrogen) atoms. The minimum Gasteiger partial charge on any atom is -0.497 e. The minimum atomic E-state index is 0.00531. The summed E-state index contributed by atoms with van der Waals surface area (Å²) in [6.07, 6.45) is 2.70. The van der Waals surface area contributed by atoms with Gasteiger partial charge in [-0.15, -0.1) is 17.9 Å². The number of ether oxygens (including phenoxy) is 1. The number of fused-ring (bicyclic) bond motifs is 3. The van der Waals surface area contributed by atoms with E-state index in [4.69, 9.17) is 9.72 Å². The molecule has 1 aliphatic rings. The second-order valence-electron chi connectivity index (χ2n) is 7.96. The SMILES string of the molecule is C=CCSc1nc2sc3c(c2c(=O)n1-c1ccc(OC)cc1)CCN(Cc1ccccc1)C3. The Morgan fingerprint density at radius 3 is 2.70 bits per heavy atom. The molecule has 7 heteroatoms.